The number of nitrogens with zero attached hydrogens (tertiary/aromatic N) is 1. The second kappa shape index (κ2) is 4.59. The van der Waals surface area contributed by atoms with Crippen molar-refractivity contribution >= 4 is 22.6 Å². The van der Waals surface area contributed by atoms with Gasteiger partial charge in [-0.25, -0.2) is 9.18 Å². The maximum atomic E-state index is 13.4. The summed E-state index contributed by atoms with van der Waals surface area (Å²) in [5.41, 5.74) is 6.74. The van der Waals surface area contributed by atoms with E-state index in [0.717, 1.165) is 6.07 Å². The minimum atomic E-state index is -0.645. The highest BCUT2D eigenvalue weighted by Gasteiger charge is 2.14. The summed E-state index contributed by atoms with van der Waals surface area (Å²) in [6, 6.07) is 8.52. The molecule has 2 N–H and O–H groups in total. The van der Waals surface area contributed by atoms with Gasteiger partial charge in [0.2, 0.25) is 0 Å². The summed E-state index contributed by atoms with van der Waals surface area (Å²) in [5.74, 6) is -1.52. The van der Waals surface area contributed by atoms with Crippen LogP contribution in [0.3, 0.4) is 0 Å². The van der Waals surface area contributed by atoms with Crippen molar-refractivity contribution in [3.8, 4) is 0 Å². The van der Waals surface area contributed by atoms with Gasteiger partial charge < -0.3 is 10.2 Å². The van der Waals surface area contributed by atoms with E-state index in [9.17, 15) is 14.0 Å². The molecule has 0 bridgehead atoms. The van der Waals surface area contributed by atoms with Crippen molar-refractivity contribution < 1.29 is 13.6 Å². The number of hydrogen-bond donors (Lipinski definition) is 1. The minimum Gasteiger partial charge on any atom is -0.408 e. The fourth-order valence-electron chi connectivity index (χ4n) is 2.11. The average Bonchev–Trinajstić information content (AvgIpc) is 2.76. The van der Waals surface area contributed by atoms with E-state index < -0.39 is 11.6 Å². The first kappa shape index (κ1) is 13.1. The van der Waals surface area contributed by atoms with E-state index >= 15 is 0 Å². The van der Waals surface area contributed by atoms with Crippen LogP contribution in [0.25, 0.3) is 11.1 Å². The Hall–Kier alpha value is -2.89. The van der Waals surface area contributed by atoms with E-state index in [1.165, 1.54) is 22.8 Å². The molecular formula is C15H11FN2O3. The number of carbonyl (C=O) groups excluding carboxylic acids is 1. The van der Waals surface area contributed by atoms with E-state index in [4.69, 9.17) is 10.2 Å². The molecule has 2 aromatic carbocycles. The highest BCUT2D eigenvalue weighted by Crippen LogP contribution is 2.19. The smallest absolute Gasteiger partial charge is 0.408 e. The maximum Gasteiger partial charge on any atom is 0.419 e. The van der Waals surface area contributed by atoms with Gasteiger partial charge in [-0.3, -0.25) is 9.36 Å². The van der Waals surface area contributed by atoms with Crippen LogP contribution in [0.5, 0.6) is 0 Å². The molecule has 0 saturated carbocycles. The van der Waals surface area contributed by atoms with Crippen molar-refractivity contribution in [3.05, 3.63) is 63.9 Å². The lowest BCUT2D eigenvalue weighted by Gasteiger charge is -2.03. The fraction of sp³-hybridized carbons (Fsp3) is 0.0667. The highest BCUT2D eigenvalue weighted by molar-refractivity contribution is 6.10. The molecule has 3 aromatic rings. The van der Waals surface area contributed by atoms with Gasteiger partial charge in [-0.2, -0.15) is 0 Å². The Morgan fingerprint density at radius 2 is 1.86 bits per heavy atom. The Kier molecular flexibility index (Phi) is 2.86. The molecule has 106 valence electrons. The van der Waals surface area contributed by atoms with E-state index in [1.54, 1.807) is 19.2 Å². The van der Waals surface area contributed by atoms with Gasteiger partial charge in [0.05, 0.1) is 11.2 Å². The number of halogens is 1. The van der Waals surface area contributed by atoms with Crippen molar-refractivity contribution in [2.75, 3.05) is 5.73 Å². The molecule has 1 heterocycles. The summed E-state index contributed by atoms with van der Waals surface area (Å²) in [6.45, 7) is 0. The third kappa shape index (κ3) is 2.10. The molecule has 6 heteroatoms. The van der Waals surface area contributed by atoms with Crippen LogP contribution in [-0.4, -0.2) is 10.4 Å². The first-order valence-corrected chi connectivity index (χ1v) is 6.16. The van der Waals surface area contributed by atoms with Crippen LogP contribution >= 0.6 is 0 Å². The number of nitrogen functional groups attached to an aromatic ring is 1. The van der Waals surface area contributed by atoms with Crippen LogP contribution < -0.4 is 11.5 Å². The number of oxazole rings is 1. The van der Waals surface area contributed by atoms with Gasteiger partial charge in [-0.05, 0) is 36.4 Å². The van der Waals surface area contributed by atoms with Gasteiger partial charge in [-0.1, -0.05) is 0 Å². The molecule has 0 saturated heterocycles. The van der Waals surface area contributed by atoms with Crippen LogP contribution in [-0.2, 0) is 7.05 Å². The van der Waals surface area contributed by atoms with E-state index in [-0.39, 0.29) is 17.0 Å². The van der Waals surface area contributed by atoms with Gasteiger partial charge in [0, 0.05) is 18.2 Å². The Bertz CT molecular complexity index is 924. The van der Waals surface area contributed by atoms with Gasteiger partial charge >= 0.3 is 5.76 Å². The molecule has 1 aromatic heterocycles. The van der Waals surface area contributed by atoms with Crippen LogP contribution in [0.2, 0.25) is 0 Å². The lowest BCUT2D eigenvalue weighted by molar-refractivity contribution is 0.103. The van der Waals surface area contributed by atoms with Gasteiger partial charge in [0.25, 0.3) is 0 Å². The second-order valence-electron chi connectivity index (χ2n) is 4.67. The quantitative estimate of drug-likeness (QED) is 0.578. The predicted molar refractivity (Wildman–Crippen MR) is 75.7 cm³/mol. The molecule has 0 aliphatic rings. The molecule has 3 rings (SSSR count). The lowest BCUT2D eigenvalue weighted by Crippen LogP contribution is -2.08. The minimum absolute atomic E-state index is 0.0175. The number of hydrogen-bond acceptors (Lipinski definition) is 4. The number of fused-ring (bicyclic) bond motifs is 1. The first-order valence-electron chi connectivity index (χ1n) is 6.16. The van der Waals surface area contributed by atoms with Crippen molar-refractivity contribution in [1.29, 1.82) is 0 Å². The number of carbonyl (C=O) groups is 1. The summed E-state index contributed by atoms with van der Waals surface area (Å²) < 4.78 is 19.8. The molecule has 0 radical (unpaired) electrons. The van der Waals surface area contributed by atoms with Gasteiger partial charge in [0.1, 0.15) is 5.82 Å². The zero-order valence-corrected chi connectivity index (χ0v) is 11.1. The standard InChI is InChI=1S/C15H11FN2O3/c1-18-12-5-3-9(7-13(12)21-15(18)20)14(19)8-2-4-11(17)10(16)6-8/h2-7H,17H2,1H3. The van der Waals surface area contributed by atoms with Crippen LogP contribution in [0.15, 0.2) is 45.6 Å². The molecule has 0 spiro atoms. The van der Waals surface area contributed by atoms with E-state index in [0.29, 0.717) is 16.7 Å². The van der Waals surface area contributed by atoms with E-state index in [1.807, 2.05) is 0 Å². The topological polar surface area (TPSA) is 78.2 Å². The molecule has 0 aliphatic heterocycles. The van der Waals surface area contributed by atoms with Crippen molar-refractivity contribution in [2.45, 2.75) is 0 Å². The number of rotatable bonds is 2. The molecule has 0 amide bonds. The van der Waals surface area contributed by atoms with Crippen molar-refractivity contribution in [3.63, 3.8) is 0 Å². The summed E-state index contributed by atoms with van der Waals surface area (Å²) >= 11 is 0. The SMILES string of the molecule is Cn1c(=O)oc2cc(C(=O)c3ccc(N)c(F)c3)ccc21. The molecule has 0 atom stereocenters. The van der Waals surface area contributed by atoms with Crippen molar-refractivity contribution in [2.24, 2.45) is 7.05 Å². The fourth-order valence-corrected chi connectivity index (χ4v) is 2.11. The van der Waals surface area contributed by atoms with Crippen molar-refractivity contribution in [1.82, 2.24) is 4.57 Å². The molecular weight excluding hydrogens is 275 g/mol. The highest BCUT2D eigenvalue weighted by atomic mass is 19.1. The third-order valence-corrected chi connectivity index (χ3v) is 3.32. The molecule has 0 aliphatic carbocycles. The number of aromatic nitrogens is 1. The molecule has 21 heavy (non-hydrogen) atoms. The zero-order chi connectivity index (χ0) is 15.1. The van der Waals surface area contributed by atoms with Crippen LogP contribution in [0.1, 0.15) is 15.9 Å². The second-order valence-corrected chi connectivity index (χ2v) is 4.67. The third-order valence-electron chi connectivity index (χ3n) is 3.32. The number of ketones is 1. The van der Waals surface area contributed by atoms with Gasteiger partial charge in [-0.15, -0.1) is 0 Å². The monoisotopic (exact) mass is 286 g/mol. The molecule has 0 fully saturated rings. The Morgan fingerprint density at radius 3 is 2.57 bits per heavy atom. The summed E-state index contributed by atoms with van der Waals surface area (Å²) in [7, 11) is 1.57. The maximum absolute atomic E-state index is 13.4. The number of nitrogens with two attached hydrogens (primary N) is 1. The Labute approximate surface area is 118 Å². The summed E-state index contributed by atoms with van der Waals surface area (Å²) in [5, 5.41) is 0. The largest absolute Gasteiger partial charge is 0.419 e. The molecule has 0 unspecified atom stereocenters. The summed E-state index contributed by atoms with van der Waals surface area (Å²) in [6.07, 6.45) is 0. The number of benzene rings is 2. The average molecular weight is 286 g/mol. The number of anilines is 1. The van der Waals surface area contributed by atoms with E-state index in [2.05, 4.69) is 0 Å². The zero-order valence-electron chi connectivity index (χ0n) is 11.1. The lowest BCUT2D eigenvalue weighted by atomic mass is 10.0. The number of aryl methyl sites for hydroxylation is 1. The predicted octanol–water partition coefficient (Wildman–Crippen LogP) is 2.08. The summed E-state index contributed by atoms with van der Waals surface area (Å²) in [4.78, 5) is 23.7. The van der Waals surface area contributed by atoms with Gasteiger partial charge in [0.15, 0.2) is 11.4 Å². The first-order chi connectivity index (χ1) is 9.97. The normalized spacial score (nSPS) is 11.0. The Morgan fingerprint density at radius 1 is 1.19 bits per heavy atom. The Balaban J connectivity index is 2.09. The van der Waals surface area contributed by atoms with Crippen LogP contribution in [0, 0.1) is 5.82 Å². The molecule has 5 nitrogen and oxygen atoms in total. The van der Waals surface area contributed by atoms with Crippen LogP contribution in [0.4, 0.5) is 10.1 Å².